The van der Waals surface area contributed by atoms with Gasteiger partial charge in [0.2, 0.25) is 5.91 Å². The van der Waals surface area contributed by atoms with Crippen LogP contribution in [0.2, 0.25) is 5.02 Å². The number of carbonyl (C=O) groups excluding carboxylic acids is 1. The smallest absolute Gasteiger partial charge is 0.224 e. The Balaban J connectivity index is 2.37. The Morgan fingerprint density at radius 1 is 1.50 bits per heavy atom. The van der Waals surface area contributed by atoms with Crippen LogP contribution in [0.15, 0.2) is 24.3 Å². The van der Waals surface area contributed by atoms with Crippen LogP contribution in [0, 0.1) is 5.92 Å². The van der Waals surface area contributed by atoms with Crippen LogP contribution < -0.4 is 5.32 Å². The Kier molecular flexibility index (Phi) is 7.36. The molecule has 18 heavy (non-hydrogen) atoms. The van der Waals surface area contributed by atoms with Crippen LogP contribution in [0.5, 0.6) is 0 Å². The lowest BCUT2D eigenvalue weighted by Crippen LogP contribution is -2.30. The summed E-state index contributed by atoms with van der Waals surface area (Å²) in [4.78, 5) is 11.8. The molecule has 0 fully saturated rings. The number of hydrogen-bond acceptors (Lipinski definition) is 1. The highest BCUT2D eigenvalue weighted by atomic mass is 79.9. The first-order valence-electron chi connectivity index (χ1n) is 6.22. The van der Waals surface area contributed by atoms with Gasteiger partial charge in [-0.2, -0.15) is 0 Å². The molecule has 0 bridgehead atoms. The van der Waals surface area contributed by atoms with Gasteiger partial charge in [0.1, 0.15) is 0 Å². The van der Waals surface area contributed by atoms with Crippen molar-refractivity contribution in [3.63, 3.8) is 0 Å². The van der Waals surface area contributed by atoms with Gasteiger partial charge < -0.3 is 5.32 Å². The average Bonchev–Trinajstić information content (AvgIpc) is 2.34. The van der Waals surface area contributed by atoms with Gasteiger partial charge in [-0.15, -0.1) is 0 Å². The first-order valence-corrected chi connectivity index (χ1v) is 7.72. The molecule has 4 heteroatoms. The lowest BCUT2D eigenvalue weighted by Gasteiger charge is -2.14. The third kappa shape index (κ3) is 5.87. The minimum absolute atomic E-state index is 0.0605. The van der Waals surface area contributed by atoms with Gasteiger partial charge in [0, 0.05) is 16.9 Å². The highest BCUT2D eigenvalue weighted by Gasteiger charge is 2.08. The second-order valence-electron chi connectivity index (χ2n) is 4.36. The third-order valence-corrected chi connectivity index (χ3v) is 3.63. The molecule has 2 nitrogen and oxygen atoms in total. The summed E-state index contributed by atoms with van der Waals surface area (Å²) in [5.74, 6) is 0.609. The Morgan fingerprint density at radius 3 is 2.89 bits per heavy atom. The standard InChI is InChI=1S/C14H19BrClNO/c1-2-11(6-7-15)10-17-14(18)9-12-4-3-5-13(16)8-12/h3-5,8,11H,2,6-7,9-10H2,1H3,(H,17,18). The van der Waals surface area contributed by atoms with Gasteiger partial charge in [0.25, 0.3) is 0 Å². The van der Waals surface area contributed by atoms with E-state index in [1.54, 1.807) is 0 Å². The SMILES string of the molecule is CCC(CCBr)CNC(=O)Cc1cccc(Cl)c1. The molecule has 0 radical (unpaired) electrons. The maximum absolute atomic E-state index is 11.8. The zero-order valence-electron chi connectivity index (χ0n) is 10.6. The zero-order valence-corrected chi connectivity index (χ0v) is 12.9. The van der Waals surface area contributed by atoms with Gasteiger partial charge in [-0.1, -0.05) is 53.0 Å². The van der Waals surface area contributed by atoms with Gasteiger partial charge in [-0.05, 0) is 30.0 Å². The molecular weight excluding hydrogens is 314 g/mol. The Bertz CT molecular complexity index is 384. The number of hydrogen-bond donors (Lipinski definition) is 1. The predicted molar refractivity (Wildman–Crippen MR) is 80.4 cm³/mol. The first-order chi connectivity index (χ1) is 8.65. The molecule has 0 aliphatic rings. The molecule has 1 N–H and O–H groups in total. The van der Waals surface area contributed by atoms with Crippen molar-refractivity contribution in [2.75, 3.05) is 11.9 Å². The Morgan fingerprint density at radius 2 is 2.28 bits per heavy atom. The van der Waals surface area contributed by atoms with E-state index in [9.17, 15) is 4.79 Å². The summed E-state index contributed by atoms with van der Waals surface area (Å²) >= 11 is 9.31. The Hall–Kier alpha value is -0.540. The highest BCUT2D eigenvalue weighted by Crippen LogP contribution is 2.11. The molecule has 0 spiro atoms. The van der Waals surface area contributed by atoms with E-state index in [2.05, 4.69) is 28.2 Å². The second-order valence-corrected chi connectivity index (χ2v) is 5.59. The number of nitrogens with one attached hydrogen (secondary N) is 1. The van der Waals surface area contributed by atoms with Gasteiger partial charge in [0.15, 0.2) is 0 Å². The number of benzene rings is 1. The van der Waals surface area contributed by atoms with Crippen molar-refractivity contribution in [1.29, 1.82) is 0 Å². The lowest BCUT2D eigenvalue weighted by atomic mass is 10.0. The molecule has 0 aliphatic heterocycles. The maximum atomic E-state index is 11.8. The molecule has 1 amide bonds. The van der Waals surface area contributed by atoms with Crippen molar-refractivity contribution in [2.45, 2.75) is 26.2 Å². The van der Waals surface area contributed by atoms with E-state index in [1.807, 2.05) is 24.3 Å². The fourth-order valence-electron chi connectivity index (χ4n) is 1.76. The van der Waals surface area contributed by atoms with Gasteiger partial charge >= 0.3 is 0 Å². The second kappa shape index (κ2) is 8.54. The number of amides is 1. The maximum Gasteiger partial charge on any atom is 0.224 e. The predicted octanol–water partition coefficient (Wildman–Crippen LogP) is 3.81. The van der Waals surface area contributed by atoms with Crippen molar-refractivity contribution in [3.05, 3.63) is 34.9 Å². The number of carbonyl (C=O) groups is 1. The average molecular weight is 333 g/mol. The van der Waals surface area contributed by atoms with Crippen LogP contribution >= 0.6 is 27.5 Å². The lowest BCUT2D eigenvalue weighted by molar-refractivity contribution is -0.120. The Labute approximate surface area is 122 Å². The molecule has 0 aromatic heterocycles. The number of rotatable bonds is 7. The number of halogens is 2. The van der Waals surface area contributed by atoms with Crippen molar-refractivity contribution < 1.29 is 4.79 Å². The van der Waals surface area contributed by atoms with Gasteiger partial charge in [-0.25, -0.2) is 0 Å². The summed E-state index contributed by atoms with van der Waals surface area (Å²) in [7, 11) is 0. The largest absolute Gasteiger partial charge is 0.356 e. The van der Waals surface area contributed by atoms with E-state index in [4.69, 9.17) is 11.6 Å². The van der Waals surface area contributed by atoms with E-state index in [-0.39, 0.29) is 5.91 Å². The van der Waals surface area contributed by atoms with Crippen molar-refractivity contribution in [3.8, 4) is 0 Å². The first kappa shape index (κ1) is 15.5. The topological polar surface area (TPSA) is 29.1 Å². The molecule has 1 atom stereocenters. The zero-order chi connectivity index (χ0) is 13.4. The van der Waals surface area contributed by atoms with Crippen molar-refractivity contribution in [2.24, 2.45) is 5.92 Å². The molecule has 0 aliphatic carbocycles. The summed E-state index contributed by atoms with van der Waals surface area (Å²) in [5, 5.41) is 4.64. The molecular formula is C14H19BrClNO. The summed E-state index contributed by atoms with van der Waals surface area (Å²) in [6.07, 6.45) is 2.57. The van der Waals surface area contributed by atoms with Crippen molar-refractivity contribution in [1.82, 2.24) is 5.32 Å². The van der Waals surface area contributed by atoms with Crippen LogP contribution in [-0.4, -0.2) is 17.8 Å². The summed E-state index contributed by atoms with van der Waals surface area (Å²) in [5.41, 5.74) is 0.952. The van der Waals surface area contributed by atoms with Crippen LogP contribution in [0.3, 0.4) is 0 Å². The van der Waals surface area contributed by atoms with E-state index >= 15 is 0 Å². The van der Waals surface area contributed by atoms with E-state index in [0.29, 0.717) is 17.4 Å². The summed E-state index contributed by atoms with van der Waals surface area (Å²) < 4.78 is 0. The quantitative estimate of drug-likeness (QED) is 0.756. The molecule has 0 saturated carbocycles. The molecule has 1 aromatic rings. The third-order valence-electron chi connectivity index (χ3n) is 2.94. The van der Waals surface area contributed by atoms with E-state index in [0.717, 1.165) is 30.3 Å². The molecule has 0 heterocycles. The van der Waals surface area contributed by atoms with Crippen molar-refractivity contribution >= 4 is 33.4 Å². The summed E-state index contributed by atoms with van der Waals surface area (Å²) in [6.45, 7) is 2.90. The van der Waals surface area contributed by atoms with E-state index < -0.39 is 0 Å². The summed E-state index contributed by atoms with van der Waals surface area (Å²) in [6, 6.07) is 7.43. The number of alkyl halides is 1. The monoisotopic (exact) mass is 331 g/mol. The molecule has 1 unspecified atom stereocenters. The minimum atomic E-state index is 0.0605. The van der Waals surface area contributed by atoms with Gasteiger partial charge in [0.05, 0.1) is 6.42 Å². The van der Waals surface area contributed by atoms with Crippen LogP contribution in [0.4, 0.5) is 0 Å². The van der Waals surface area contributed by atoms with Crippen LogP contribution in [0.1, 0.15) is 25.3 Å². The fraction of sp³-hybridized carbons (Fsp3) is 0.500. The van der Waals surface area contributed by atoms with Crippen LogP contribution in [0.25, 0.3) is 0 Å². The fourth-order valence-corrected chi connectivity index (χ4v) is 2.62. The molecule has 1 aromatic carbocycles. The van der Waals surface area contributed by atoms with Crippen LogP contribution in [-0.2, 0) is 11.2 Å². The normalized spacial score (nSPS) is 12.2. The molecule has 100 valence electrons. The molecule has 1 rings (SSSR count). The molecule has 0 saturated heterocycles. The van der Waals surface area contributed by atoms with E-state index in [1.165, 1.54) is 0 Å². The minimum Gasteiger partial charge on any atom is -0.356 e. The highest BCUT2D eigenvalue weighted by molar-refractivity contribution is 9.09. The van der Waals surface area contributed by atoms with Gasteiger partial charge in [-0.3, -0.25) is 4.79 Å².